The summed E-state index contributed by atoms with van der Waals surface area (Å²) >= 11 is 0. The van der Waals surface area contributed by atoms with Gasteiger partial charge >= 0.3 is 0 Å². The summed E-state index contributed by atoms with van der Waals surface area (Å²) in [4.78, 5) is 16.2. The predicted octanol–water partition coefficient (Wildman–Crippen LogP) is 0.625. The van der Waals surface area contributed by atoms with E-state index >= 15 is 0 Å². The Morgan fingerprint density at radius 1 is 1.53 bits per heavy atom. The fraction of sp³-hybridized carbons (Fsp3) is 0.571. The SMILES string of the molecule is Cc1ccc(C(=O)NC2C(N)C3CCCOC32)cn1. The minimum absolute atomic E-state index is 0.00709. The first-order chi connectivity index (χ1) is 9.16. The lowest BCUT2D eigenvalue weighted by Crippen LogP contribution is -2.72. The monoisotopic (exact) mass is 261 g/mol. The van der Waals surface area contributed by atoms with Crippen LogP contribution in [0, 0.1) is 12.8 Å². The lowest BCUT2D eigenvalue weighted by Gasteiger charge is -2.52. The topological polar surface area (TPSA) is 77.2 Å². The van der Waals surface area contributed by atoms with Crippen molar-refractivity contribution in [2.24, 2.45) is 11.7 Å². The van der Waals surface area contributed by atoms with Crippen LogP contribution in [0.15, 0.2) is 18.3 Å². The van der Waals surface area contributed by atoms with Crippen LogP contribution in [0.4, 0.5) is 0 Å². The number of aryl methyl sites for hydroxylation is 1. The van der Waals surface area contributed by atoms with Gasteiger partial charge in [-0.25, -0.2) is 0 Å². The van der Waals surface area contributed by atoms with Crippen molar-refractivity contribution >= 4 is 5.91 Å². The minimum atomic E-state index is -0.124. The van der Waals surface area contributed by atoms with Gasteiger partial charge in [-0.1, -0.05) is 0 Å². The number of amides is 1. The maximum Gasteiger partial charge on any atom is 0.253 e. The average molecular weight is 261 g/mol. The van der Waals surface area contributed by atoms with Gasteiger partial charge in [0.05, 0.1) is 17.7 Å². The highest BCUT2D eigenvalue weighted by Crippen LogP contribution is 2.37. The van der Waals surface area contributed by atoms with Gasteiger partial charge in [0.15, 0.2) is 0 Å². The summed E-state index contributed by atoms with van der Waals surface area (Å²) in [7, 11) is 0. The molecular weight excluding hydrogens is 242 g/mol. The largest absolute Gasteiger partial charge is 0.376 e. The molecule has 0 aromatic carbocycles. The zero-order valence-electron chi connectivity index (χ0n) is 11.0. The molecule has 5 heteroatoms. The highest BCUT2D eigenvalue weighted by Gasteiger charge is 2.51. The van der Waals surface area contributed by atoms with Gasteiger partial charge in [-0.05, 0) is 31.9 Å². The molecule has 1 aromatic rings. The number of carbonyl (C=O) groups is 1. The molecule has 5 nitrogen and oxygen atoms in total. The Hall–Kier alpha value is -1.46. The third-order valence-corrected chi connectivity index (χ3v) is 4.15. The molecule has 3 rings (SSSR count). The van der Waals surface area contributed by atoms with Crippen molar-refractivity contribution in [1.29, 1.82) is 0 Å². The zero-order chi connectivity index (χ0) is 13.4. The fourth-order valence-electron chi connectivity index (χ4n) is 2.96. The molecular formula is C14H19N3O2. The van der Waals surface area contributed by atoms with E-state index in [0.717, 1.165) is 25.1 Å². The highest BCUT2D eigenvalue weighted by molar-refractivity contribution is 5.94. The Kier molecular flexibility index (Phi) is 3.24. The molecule has 4 unspecified atom stereocenters. The molecule has 4 atom stereocenters. The lowest BCUT2D eigenvalue weighted by molar-refractivity contribution is -0.117. The second kappa shape index (κ2) is 4.90. The standard InChI is InChI=1S/C14H19N3O2/c1-8-4-5-9(7-16-8)14(18)17-12-11(15)10-3-2-6-19-13(10)12/h4-5,7,10-13H,2-3,6,15H2,1H3,(H,17,18). The Labute approximate surface area is 112 Å². The molecule has 2 aliphatic rings. The van der Waals surface area contributed by atoms with Gasteiger partial charge in [0.25, 0.3) is 5.91 Å². The van der Waals surface area contributed by atoms with E-state index in [2.05, 4.69) is 10.3 Å². The van der Waals surface area contributed by atoms with Crippen LogP contribution in [0.3, 0.4) is 0 Å². The van der Waals surface area contributed by atoms with Crippen molar-refractivity contribution < 1.29 is 9.53 Å². The summed E-state index contributed by atoms with van der Waals surface area (Å²) in [6, 6.07) is 3.54. The van der Waals surface area contributed by atoms with E-state index < -0.39 is 0 Å². The second-order valence-corrected chi connectivity index (χ2v) is 5.41. The number of ether oxygens (including phenoxy) is 1. The van der Waals surface area contributed by atoms with Gasteiger partial charge in [0, 0.05) is 30.5 Å². The Morgan fingerprint density at radius 3 is 3.11 bits per heavy atom. The summed E-state index contributed by atoms with van der Waals surface area (Å²) in [5.74, 6) is 0.274. The van der Waals surface area contributed by atoms with Crippen LogP contribution in [0.25, 0.3) is 0 Å². The van der Waals surface area contributed by atoms with E-state index in [-0.39, 0.29) is 24.1 Å². The molecule has 102 valence electrons. The number of nitrogens with zero attached hydrogens (tertiary/aromatic N) is 1. The Morgan fingerprint density at radius 2 is 2.37 bits per heavy atom. The third kappa shape index (κ3) is 2.24. The number of carbonyl (C=O) groups excluding carboxylic acids is 1. The summed E-state index contributed by atoms with van der Waals surface area (Å²) in [6.07, 6.45) is 3.85. The first kappa shape index (κ1) is 12.6. The number of rotatable bonds is 2. The van der Waals surface area contributed by atoms with Crippen LogP contribution >= 0.6 is 0 Å². The molecule has 0 radical (unpaired) electrons. The van der Waals surface area contributed by atoms with Gasteiger partial charge in [0.2, 0.25) is 0 Å². The third-order valence-electron chi connectivity index (χ3n) is 4.15. The molecule has 1 aliphatic carbocycles. The van der Waals surface area contributed by atoms with Crippen molar-refractivity contribution in [1.82, 2.24) is 10.3 Å². The normalized spacial score (nSPS) is 33.2. The number of nitrogens with two attached hydrogens (primary N) is 1. The number of pyridine rings is 1. The quantitative estimate of drug-likeness (QED) is 0.818. The average Bonchev–Trinajstić information content (AvgIpc) is 2.45. The number of hydrogen-bond acceptors (Lipinski definition) is 4. The zero-order valence-corrected chi connectivity index (χ0v) is 11.0. The number of aromatic nitrogens is 1. The predicted molar refractivity (Wildman–Crippen MR) is 70.7 cm³/mol. The fourth-order valence-corrected chi connectivity index (χ4v) is 2.96. The smallest absolute Gasteiger partial charge is 0.253 e. The highest BCUT2D eigenvalue weighted by atomic mass is 16.5. The van der Waals surface area contributed by atoms with Crippen LogP contribution in [0.1, 0.15) is 28.9 Å². The van der Waals surface area contributed by atoms with Crippen LogP contribution in [-0.4, -0.2) is 35.7 Å². The van der Waals surface area contributed by atoms with E-state index in [1.165, 1.54) is 0 Å². The molecule has 19 heavy (non-hydrogen) atoms. The molecule has 2 heterocycles. The molecule has 1 aromatic heterocycles. The Bertz CT molecular complexity index is 474. The molecule has 0 spiro atoms. The van der Waals surface area contributed by atoms with Crippen molar-refractivity contribution in [2.75, 3.05) is 6.61 Å². The maximum absolute atomic E-state index is 12.1. The first-order valence-corrected chi connectivity index (χ1v) is 6.77. The van der Waals surface area contributed by atoms with Crippen molar-refractivity contribution in [3.63, 3.8) is 0 Å². The van der Waals surface area contributed by atoms with Crippen LogP contribution in [-0.2, 0) is 4.74 Å². The number of nitrogens with one attached hydrogen (secondary N) is 1. The van der Waals surface area contributed by atoms with Crippen molar-refractivity contribution in [3.05, 3.63) is 29.6 Å². The van der Waals surface area contributed by atoms with Crippen LogP contribution < -0.4 is 11.1 Å². The van der Waals surface area contributed by atoms with Crippen molar-refractivity contribution in [3.8, 4) is 0 Å². The van der Waals surface area contributed by atoms with Gasteiger partial charge in [-0.15, -0.1) is 0 Å². The van der Waals surface area contributed by atoms with E-state index in [1.54, 1.807) is 12.3 Å². The van der Waals surface area contributed by atoms with Crippen LogP contribution in [0.2, 0.25) is 0 Å². The van der Waals surface area contributed by atoms with E-state index in [9.17, 15) is 4.79 Å². The first-order valence-electron chi connectivity index (χ1n) is 6.77. The second-order valence-electron chi connectivity index (χ2n) is 5.41. The summed E-state index contributed by atoms with van der Waals surface area (Å²) in [5, 5.41) is 2.97. The summed E-state index contributed by atoms with van der Waals surface area (Å²) < 4.78 is 5.71. The molecule has 3 N–H and O–H groups in total. The summed E-state index contributed by atoms with van der Waals surface area (Å²) in [6.45, 7) is 2.66. The number of hydrogen-bond donors (Lipinski definition) is 2. The minimum Gasteiger partial charge on any atom is -0.376 e. The van der Waals surface area contributed by atoms with Crippen LogP contribution in [0.5, 0.6) is 0 Å². The van der Waals surface area contributed by atoms with Gasteiger partial charge in [-0.3, -0.25) is 9.78 Å². The molecule has 0 bridgehead atoms. The molecule has 1 saturated carbocycles. The van der Waals surface area contributed by atoms with Gasteiger partial charge in [-0.2, -0.15) is 0 Å². The molecule has 2 fully saturated rings. The molecule has 1 aliphatic heterocycles. The van der Waals surface area contributed by atoms with E-state index in [1.807, 2.05) is 13.0 Å². The lowest BCUT2D eigenvalue weighted by atomic mass is 9.68. The summed E-state index contributed by atoms with van der Waals surface area (Å²) in [5.41, 5.74) is 7.58. The molecule has 1 amide bonds. The van der Waals surface area contributed by atoms with E-state index in [4.69, 9.17) is 10.5 Å². The van der Waals surface area contributed by atoms with Gasteiger partial charge in [0.1, 0.15) is 0 Å². The van der Waals surface area contributed by atoms with Crippen molar-refractivity contribution in [2.45, 2.75) is 38.0 Å². The maximum atomic E-state index is 12.1. The molecule has 1 saturated heterocycles. The Balaban J connectivity index is 1.65. The number of fused-ring (bicyclic) bond motifs is 1. The van der Waals surface area contributed by atoms with E-state index in [0.29, 0.717) is 11.5 Å². The van der Waals surface area contributed by atoms with Gasteiger partial charge < -0.3 is 15.8 Å².